The second-order valence-corrected chi connectivity index (χ2v) is 10.6. The first-order valence-electron chi connectivity index (χ1n) is 10.3. The molecule has 0 aromatic rings. The summed E-state index contributed by atoms with van der Waals surface area (Å²) in [4.78, 5) is 4.80. The molecule has 1 saturated heterocycles. The molecule has 7 heteroatoms. The fraction of sp³-hybridized carbons (Fsp3) is 0.947. The lowest BCUT2D eigenvalue weighted by atomic mass is 9.84. The predicted molar refractivity (Wildman–Crippen MR) is 119 cm³/mol. The van der Waals surface area contributed by atoms with Crippen LogP contribution in [0, 0.1) is 11.8 Å². The number of rotatable bonds is 5. The van der Waals surface area contributed by atoms with Crippen LogP contribution in [0.25, 0.3) is 0 Å². The summed E-state index contributed by atoms with van der Waals surface area (Å²) in [6, 6.07) is 1.05. The minimum Gasteiger partial charge on any atom is -0.354 e. The van der Waals surface area contributed by atoms with Crippen molar-refractivity contribution in [1.82, 2.24) is 10.6 Å². The Hall–Kier alpha value is -0.0500. The van der Waals surface area contributed by atoms with E-state index in [4.69, 9.17) is 4.99 Å². The van der Waals surface area contributed by atoms with Crippen molar-refractivity contribution in [3.63, 3.8) is 0 Å². The fourth-order valence-corrected chi connectivity index (χ4v) is 6.39. The first-order chi connectivity index (χ1) is 12.0. The van der Waals surface area contributed by atoms with Gasteiger partial charge in [-0.3, -0.25) is 4.99 Å². The molecule has 0 aromatic heterocycles. The van der Waals surface area contributed by atoms with Gasteiger partial charge >= 0.3 is 0 Å². The molecule has 1 atom stereocenters. The van der Waals surface area contributed by atoms with Crippen molar-refractivity contribution in [2.75, 3.05) is 18.1 Å². The SMILES string of the molecule is CCC1CCC(NC(=NCC2CCS(=O)(=O)C2)NC2CCCC2)CC1.I. The number of halogens is 1. The molecule has 3 aliphatic rings. The highest BCUT2D eigenvalue weighted by Crippen LogP contribution is 2.26. The molecule has 2 N–H and O–H groups in total. The van der Waals surface area contributed by atoms with Gasteiger partial charge in [-0.2, -0.15) is 0 Å². The van der Waals surface area contributed by atoms with Crippen molar-refractivity contribution in [3.05, 3.63) is 0 Å². The second-order valence-electron chi connectivity index (χ2n) is 8.35. The third kappa shape index (κ3) is 6.84. The van der Waals surface area contributed by atoms with E-state index in [9.17, 15) is 8.42 Å². The summed E-state index contributed by atoms with van der Waals surface area (Å²) in [5.74, 6) is 2.67. The zero-order valence-electron chi connectivity index (χ0n) is 16.1. The third-order valence-corrected chi connectivity index (χ3v) is 8.13. The van der Waals surface area contributed by atoms with E-state index in [0.717, 1.165) is 18.3 Å². The van der Waals surface area contributed by atoms with Crippen LogP contribution in [0.4, 0.5) is 0 Å². The van der Waals surface area contributed by atoms with E-state index in [1.165, 1.54) is 57.8 Å². The number of hydrogen-bond acceptors (Lipinski definition) is 3. The maximum absolute atomic E-state index is 11.7. The molecule has 1 unspecified atom stereocenters. The lowest BCUT2D eigenvalue weighted by Gasteiger charge is -2.30. The Kier molecular flexibility index (Phi) is 8.97. The van der Waals surface area contributed by atoms with Crippen LogP contribution in [0.2, 0.25) is 0 Å². The number of nitrogens with zero attached hydrogens (tertiary/aromatic N) is 1. The summed E-state index contributed by atoms with van der Waals surface area (Å²) in [5, 5.41) is 7.28. The average Bonchev–Trinajstić information content (AvgIpc) is 3.22. The lowest BCUT2D eigenvalue weighted by molar-refractivity contribution is 0.303. The zero-order chi connectivity index (χ0) is 17.7. The fourth-order valence-electron chi connectivity index (χ4n) is 4.54. The van der Waals surface area contributed by atoms with Gasteiger partial charge in [0, 0.05) is 18.6 Å². The normalized spacial score (nSPS) is 32.2. The van der Waals surface area contributed by atoms with Gasteiger partial charge in [0.05, 0.1) is 11.5 Å². The monoisotopic (exact) mass is 497 g/mol. The van der Waals surface area contributed by atoms with Crippen molar-refractivity contribution >= 4 is 39.8 Å². The van der Waals surface area contributed by atoms with Crippen LogP contribution in [0.3, 0.4) is 0 Å². The Balaban J connectivity index is 0.00000243. The molecule has 3 rings (SSSR count). The van der Waals surface area contributed by atoms with Crippen molar-refractivity contribution in [2.24, 2.45) is 16.8 Å². The molecule has 1 heterocycles. The van der Waals surface area contributed by atoms with Crippen LogP contribution in [-0.2, 0) is 9.84 Å². The van der Waals surface area contributed by atoms with Gasteiger partial charge in [0.2, 0.25) is 0 Å². The summed E-state index contributed by atoms with van der Waals surface area (Å²) >= 11 is 0. The second kappa shape index (κ2) is 10.5. The highest BCUT2D eigenvalue weighted by Gasteiger charge is 2.28. The maximum atomic E-state index is 11.7. The molecule has 0 radical (unpaired) electrons. The molecular weight excluding hydrogens is 461 g/mol. The van der Waals surface area contributed by atoms with Crippen LogP contribution in [-0.4, -0.2) is 44.5 Å². The van der Waals surface area contributed by atoms with Crippen LogP contribution in [0.15, 0.2) is 4.99 Å². The number of aliphatic imine (C=N–C) groups is 1. The summed E-state index contributed by atoms with van der Waals surface area (Å²) < 4.78 is 23.3. The summed E-state index contributed by atoms with van der Waals surface area (Å²) in [6.45, 7) is 2.92. The maximum Gasteiger partial charge on any atom is 0.191 e. The molecule has 152 valence electrons. The first-order valence-corrected chi connectivity index (χ1v) is 12.1. The predicted octanol–water partition coefficient (Wildman–Crippen LogP) is 3.49. The number of guanidine groups is 1. The Bertz CT molecular complexity index is 553. The molecule has 0 spiro atoms. The Labute approximate surface area is 176 Å². The van der Waals surface area contributed by atoms with Gasteiger partial charge in [-0.05, 0) is 56.8 Å². The first kappa shape index (κ1) is 22.2. The van der Waals surface area contributed by atoms with Gasteiger partial charge in [-0.25, -0.2) is 8.42 Å². The zero-order valence-corrected chi connectivity index (χ0v) is 19.2. The summed E-state index contributed by atoms with van der Waals surface area (Å²) in [5.41, 5.74) is 0. The Morgan fingerprint density at radius 1 is 0.923 bits per heavy atom. The lowest BCUT2D eigenvalue weighted by Crippen LogP contribution is -2.48. The van der Waals surface area contributed by atoms with E-state index in [-0.39, 0.29) is 29.9 Å². The van der Waals surface area contributed by atoms with Crippen LogP contribution in [0.5, 0.6) is 0 Å². The average molecular weight is 497 g/mol. The standard InChI is InChI=1S/C19H35N3O2S.HI/c1-2-15-7-9-18(10-8-15)22-19(21-17-5-3-4-6-17)20-13-16-11-12-25(23,24)14-16;/h15-18H,2-14H2,1H3,(H2,20,21,22);1H. The van der Waals surface area contributed by atoms with E-state index in [1.54, 1.807) is 0 Å². The van der Waals surface area contributed by atoms with Crippen molar-refractivity contribution in [2.45, 2.75) is 83.2 Å². The molecule has 1 aliphatic heterocycles. The number of nitrogens with one attached hydrogen (secondary N) is 2. The molecule has 5 nitrogen and oxygen atoms in total. The van der Waals surface area contributed by atoms with E-state index in [0.29, 0.717) is 30.1 Å². The van der Waals surface area contributed by atoms with Crippen LogP contribution >= 0.6 is 24.0 Å². The highest BCUT2D eigenvalue weighted by atomic mass is 127. The number of sulfone groups is 1. The third-order valence-electron chi connectivity index (χ3n) is 6.30. The van der Waals surface area contributed by atoms with Crippen LogP contribution in [0.1, 0.15) is 71.1 Å². The number of hydrogen-bond donors (Lipinski definition) is 2. The van der Waals surface area contributed by atoms with Gasteiger partial charge < -0.3 is 10.6 Å². The van der Waals surface area contributed by atoms with E-state index >= 15 is 0 Å². The van der Waals surface area contributed by atoms with E-state index in [1.807, 2.05) is 0 Å². The smallest absolute Gasteiger partial charge is 0.191 e. The Morgan fingerprint density at radius 3 is 2.08 bits per heavy atom. The van der Waals surface area contributed by atoms with Gasteiger partial charge in [-0.15, -0.1) is 24.0 Å². The van der Waals surface area contributed by atoms with Crippen molar-refractivity contribution < 1.29 is 8.42 Å². The molecule has 2 aliphatic carbocycles. The van der Waals surface area contributed by atoms with Gasteiger partial charge in [0.15, 0.2) is 15.8 Å². The molecule has 3 fully saturated rings. The van der Waals surface area contributed by atoms with Crippen molar-refractivity contribution in [3.8, 4) is 0 Å². The molecule has 26 heavy (non-hydrogen) atoms. The van der Waals surface area contributed by atoms with Gasteiger partial charge in [0.1, 0.15) is 0 Å². The largest absolute Gasteiger partial charge is 0.354 e. The van der Waals surface area contributed by atoms with Crippen LogP contribution < -0.4 is 10.6 Å². The van der Waals surface area contributed by atoms with Gasteiger partial charge in [-0.1, -0.05) is 26.2 Å². The molecule has 0 amide bonds. The molecule has 2 saturated carbocycles. The molecule has 0 aromatic carbocycles. The summed E-state index contributed by atoms with van der Waals surface area (Å²) in [6.07, 6.45) is 12.2. The minimum atomic E-state index is -2.81. The highest BCUT2D eigenvalue weighted by molar-refractivity contribution is 14.0. The van der Waals surface area contributed by atoms with E-state index in [2.05, 4.69) is 17.6 Å². The minimum absolute atomic E-state index is 0. The topological polar surface area (TPSA) is 70.6 Å². The van der Waals surface area contributed by atoms with Crippen molar-refractivity contribution in [1.29, 1.82) is 0 Å². The van der Waals surface area contributed by atoms with E-state index < -0.39 is 9.84 Å². The molecular formula is C19H36IN3O2S. The quantitative estimate of drug-likeness (QED) is 0.347. The molecule has 0 bridgehead atoms. The summed E-state index contributed by atoms with van der Waals surface area (Å²) in [7, 11) is -2.81. The Morgan fingerprint density at radius 2 is 1.54 bits per heavy atom. The van der Waals surface area contributed by atoms with Gasteiger partial charge in [0.25, 0.3) is 0 Å².